The molecular formula is C14H26IN5O5. The van der Waals surface area contributed by atoms with Crippen molar-refractivity contribution >= 4 is 34.7 Å². The van der Waals surface area contributed by atoms with Gasteiger partial charge >= 0.3 is 12.1 Å². The van der Waals surface area contributed by atoms with Crippen LogP contribution in [0.2, 0.25) is 0 Å². The van der Waals surface area contributed by atoms with Crippen molar-refractivity contribution in [2.24, 2.45) is 0 Å². The van der Waals surface area contributed by atoms with Crippen LogP contribution in [0, 0.1) is 12.0 Å². The summed E-state index contributed by atoms with van der Waals surface area (Å²) in [5.41, 5.74) is 2.52. The molecule has 0 radical (unpaired) electrons. The average molecular weight is 471 g/mol. The fourth-order valence-electron chi connectivity index (χ4n) is 1.62. The number of carbonyl (C=O) groups excluding carboxylic acids is 1. The van der Waals surface area contributed by atoms with Gasteiger partial charge in [-0.15, -0.1) is 0 Å². The predicted molar refractivity (Wildman–Crippen MR) is 100 cm³/mol. The Kier molecular flexibility index (Phi) is 14.2. The number of amides is 3. The first-order valence-corrected chi connectivity index (χ1v) is 9.30. The molecule has 25 heavy (non-hydrogen) atoms. The van der Waals surface area contributed by atoms with Crippen LogP contribution in [0.1, 0.15) is 19.8 Å². The van der Waals surface area contributed by atoms with E-state index in [4.69, 9.17) is 15.3 Å². The van der Waals surface area contributed by atoms with E-state index in [0.29, 0.717) is 17.6 Å². The van der Waals surface area contributed by atoms with E-state index in [1.165, 1.54) is 0 Å². The number of carboxylic acid groups (broad SMARTS) is 1. The summed E-state index contributed by atoms with van der Waals surface area (Å²) in [6.45, 7) is 3.65. The lowest BCUT2D eigenvalue weighted by Crippen LogP contribution is -2.49. The number of unbranched alkanes of at least 4 members (excludes halogenated alkanes) is 1. The van der Waals surface area contributed by atoms with Gasteiger partial charge in [0.25, 0.3) is 0 Å². The molecule has 0 aromatic heterocycles. The van der Waals surface area contributed by atoms with Crippen LogP contribution in [0.3, 0.4) is 0 Å². The van der Waals surface area contributed by atoms with E-state index in [1.807, 2.05) is 6.92 Å². The predicted octanol–water partition coefficient (Wildman–Crippen LogP) is -0.162. The summed E-state index contributed by atoms with van der Waals surface area (Å²) < 4.78 is 0.660. The standard InChI is InChI=1S/C8H12INO2.C6H14N4O3/c1-2-3-6-10(8(11)12)7-4-5-9;11-4-9(5-12)6(13)8-10-2-1-7-3-10/h2-3,5-6H2,1H3,(H,11,12);7,11-12H,1-5H2,(H,8,13). The quantitative estimate of drug-likeness (QED) is 0.120. The number of alkyl halides is 1. The first-order valence-electron chi connectivity index (χ1n) is 7.77. The van der Waals surface area contributed by atoms with Gasteiger partial charge in [-0.2, -0.15) is 0 Å². The van der Waals surface area contributed by atoms with Crippen LogP contribution in [0.4, 0.5) is 9.59 Å². The van der Waals surface area contributed by atoms with Crippen molar-refractivity contribution < 1.29 is 24.9 Å². The third kappa shape index (κ3) is 11.0. The number of hydrazine groups is 1. The number of halogens is 1. The number of urea groups is 1. The number of carbonyl (C=O) groups is 2. The van der Waals surface area contributed by atoms with E-state index in [1.54, 1.807) is 5.01 Å². The van der Waals surface area contributed by atoms with Gasteiger partial charge in [0, 0.05) is 25.7 Å². The summed E-state index contributed by atoms with van der Waals surface area (Å²) in [7, 11) is 0. The molecule has 3 amide bonds. The van der Waals surface area contributed by atoms with Crippen LogP contribution in [0.25, 0.3) is 0 Å². The minimum absolute atomic E-state index is 0.496. The molecule has 1 aliphatic rings. The minimum atomic E-state index is -0.958. The van der Waals surface area contributed by atoms with Crippen LogP contribution < -0.4 is 10.7 Å². The molecule has 0 bridgehead atoms. The van der Waals surface area contributed by atoms with E-state index in [2.05, 4.69) is 45.3 Å². The maximum absolute atomic E-state index is 11.2. The zero-order valence-electron chi connectivity index (χ0n) is 14.2. The molecule has 0 aromatic carbocycles. The van der Waals surface area contributed by atoms with Crippen LogP contribution in [-0.4, -0.2) is 86.4 Å². The van der Waals surface area contributed by atoms with Gasteiger partial charge in [0.05, 0.1) is 11.1 Å². The first kappa shape index (κ1) is 23.7. The number of hydrogen-bond donors (Lipinski definition) is 5. The Morgan fingerprint density at radius 3 is 2.48 bits per heavy atom. The fourth-order valence-corrected chi connectivity index (χ4v) is 1.79. The lowest BCUT2D eigenvalue weighted by Gasteiger charge is -2.21. The molecule has 0 aliphatic carbocycles. The minimum Gasteiger partial charge on any atom is -0.464 e. The van der Waals surface area contributed by atoms with E-state index in [-0.39, 0.29) is 0 Å². The zero-order chi connectivity index (χ0) is 19.1. The van der Waals surface area contributed by atoms with Gasteiger partial charge in [-0.3, -0.25) is 10.3 Å². The second kappa shape index (κ2) is 15.0. The monoisotopic (exact) mass is 471 g/mol. The largest absolute Gasteiger partial charge is 0.464 e. The molecular weight excluding hydrogens is 445 g/mol. The molecule has 1 heterocycles. The van der Waals surface area contributed by atoms with E-state index in [0.717, 1.165) is 35.7 Å². The molecule has 1 fully saturated rings. The molecule has 1 rings (SSSR count). The fraction of sp³-hybridized carbons (Fsp3) is 0.714. The molecule has 0 spiro atoms. The molecule has 0 atom stereocenters. The highest BCUT2D eigenvalue weighted by molar-refractivity contribution is 14.1. The average Bonchev–Trinajstić information content (AvgIpc) is 3.09. The number of nitrogens with zero attached hydrogens (tertiary/aromatic N) is 3. The van der Waals surface area contributed by atoms with Gasteiger partial charge in [-0.25, -0.2) is 19.5 Å². The smallest absolute Gasteiger partial charge is 0.419 e. The number of aliphatic hydroxyl groups excluding tert-OH is 2. The molecule has 144 valence electrons. The van der Waals surface area contributed by atoms with Crippen LogP contribution >= 0.6 is 22.6 Å². The third-order valence-electron chi connectivity index (χ3n) is 2.99. The molecule has 5 N–H and O–H groups in total. The van der Waals surface area contributed by atoms with Crippen molar-refractivity contribution in [1.29, 1.82) is 0 Å². The Labute approximate surface area is 161 Å². The van der Waals surface area contributed by atoms with E-state index < -0.39 is 25.6 Å². The van der Waals surface area contributed by atoms with Gasteiger partial charge in [-0.05, 0) is 6.42 Å². The molecule has 10 nitrogen and oxygen atoms in total. The highest BCUT2D eigenvalue weighted by atomic mass is 127. The van der Waals surface area contributed by atoms with E-state index >= 15 is 0 Å². The summed E-state index contributed by atoms with van der Waals surface area (Å²) in [5.74, 6) is 2.72. The van der Waals surface area contributed by atoms with Gasteiger partial charge in [0.1, 0.15) is 13.5 Å². The highest BCUT2D eigenvalue weighted by Crippen LogP contribution is 1.94. The molecule has 1 aliphatic heterocycles. The Hall–Kier alpha value is -1.33. The first-order chi connectivity index (χ1) is 12.0. The normalized spacial score (nSPS) is 13.1. The molecule has 0 saturated carbocycles. The SMILES string of the molecule is CCCCN(C#CCI)C(=O)O.O=C(NN1CCNC1)N(CO)CO. The molecule has 0 aromatic rings. The Bertz CT molecular complexity index is 447. The summed E-state index contributed by atoms with van der Waals surface area (Å²) in [6.07, 6.45) is 0.888. The second-order valence-corrected chi connectivity index (χ2v) is 5.63. The van der Waals surface area contributed by atoms with E-state index in [9.17, 15) is 9.59 Å². The number of nitrogens with one attached hydrogen (secondary N) is 2. The van der Waals surface area contributed by atoms with Crippen molar-refractivity contribution in [2.75, 3.05) is 44.2 Å². The number of aliphatic hydroxyl groups is 2. The Balaban J connectivity index is 0.000000463. The van der Waals surface area contributed by atoms with Gasteiger partial charge < -0.3 is 20.6 Å². The van der Waals surface area contributed by atoms with Crippen molar-refractivity contribution in [1.82, 2.24) is 25.6 Å². The van der Waals surface area contributed by atoms with Crippen molar-refractivity contribution in [2.45, 2.75) is 19.8 Å². The van der Waals surface area contributed by atoms with Crippen LogP contribution in [0.15, 0.2) is 0 Å². The zero-order valence-corrected chi connectivity index (χ0v) is 16.4. The second-order valence-electron chi connectivity index (χ2n) is 4.87. The van der Waals surface area contributed by atoms with Gasteiger partial charge in [0.15, 0.2) is 0 Å². The summed E-state index contributed by atoms with van der Waals surface area (Å²) in [5, 5.41) is 30.6. The molecule has 1 saturated heterocycles. The van der Waals surface area contributed by atoms with Gasteiger partial charge in [0.2, 0.25) is 0 Å². The third-order valence-corrected chi connectivity index (χ3v) is 3.37. The van der Waals surface area contributed by atoms with Gasteiger partial charge in [-0.1, -0.05) is 41.9 Å². The summed E-state index contributed by atoms with van der Waals surface area (Å²) in [6, 6.07) is 2.07. The maximum Gasteiger partial charge on any atom is 0.419 e. The summed E-state index contributed by atoms with van der Waals surface area (Å²) in [4.78, 5) is 23.7. The number of hydrogen-bond acceptors (Lipinski definition) is 6. The Morgan fingerprint density at radius 2 is 2.04 bits per heavy atom. The Morgan fingerprint density at radius 1 is 1.36 bits per heavy atom. The lowest BCUT2D eigenvalue weighted by atomic mass is 10.3. The van der Waals surface area contributed by atoms with Crippen LogP contribution in [-0.2, 0) is 0 Å². The van der Waals surface area contributed by atoms with Crippen LogP contribution in [0.5, 0.6) is 0 Å². The highest BCUT2D eigenvalue weighted by Gasteiger charge is 2.17. The van der Waals surface area contributed by atoms with Crippen molar-refractivity contribution in [3.05, 3.63) is 0 Å². The molecule has 11 heteroatoms. The summed E-state index contributed by atoms with van der Waals surface area (Å²) >= 11 is 2.09. The molecule has 0 unspecified atom stereocenters. The maximum atomic E-state index is 11.2. The van der Waals surface area contributed by atoms with Crippen molar-refractivity contribution in [3.8, 4) is 12.0 Å². The van der Waals surface area contributed by atoms with Crippen molar-refractivity contribution in [3.63, 3.8) is 0 Å². The lowest BCUT2D eigenvalue weighted by molar-refractivity contribution is 0.0472. The topological polar surface area (TPSA) is 129 Å². The number of rotatable bonds is 6.